The Morgan fingerprint density at radius 2 is 1.59 bits per heavy atom. The normalized spacial score (nSPS) is 24.6. The van der Waals surface area contributed by atoms with E-state index in [0.29, 0.717) is 42.8 Å². The quantitative estimate of drug-likeness (QED) is 0.632. The van der Waals surface area contributed by atoms with Crippen molar-refractivity contribution in [3.63, 3.8) is 0 Å². The molecule has 0 bridgehead atoms. The van der Waals surface area contributed by atoms with Crippen LogP contribution in [0.4, 0.5) is 0 Å². The highest BCUT2D eigenvalue weighted by molar-refractivity contribution is 7.89. The zero-order valence-electron chi connectivity index (χ0n) is 20.0. The minimum atomic E-state index is -3.49. The Kier molecular flexibility index (Phi) is 6.76. The van der Waals surface area contributed by atoms with Crippen molar-refractivity contribution in [3.05, 3.63) is 59.4 Å². The number of nitrogens with zero attached hydrogens (tertiary/aromatic N) is 3. The third-order valence-electron chi connectivity index (χ3n) is 8.02. The second kappa shape index (κ2) is 9.78. The Morgan fingerprint density at radius 1 is 0.882 bits per heavy atom. The third kappa shape index (κ3) is 4.52. The molecule has 1 aliphatic carbocycles. The molecule has 7 heteroatoms. The maximum absolute atomic E-state index is 13.8. The molecule has 2 saturated heterocycles. The molecule has 3 fully saturated rings. The van der Waals surface area contributed by atoms with Gasteiger partial charge in [-0.1, -0.05) is 31.0 Å². The molecule has 1 aromatic heterocycles. The Morgan fingerprint density at radius 3 is 2.35 bits per heavy atom. The topological polar surface area (TPSA) is 70.6 Å². The number of pyridine rings is 1. The monoisotopic (exact) mass is 481 g/mol. The van der Waals surface area contributed by atoms with Crippen LogP contribution < -0.4 is 0 Å². The number of sulfonamides is 1. The Hall–Kier alpha value is -2.25. The molecule has 3 heterocycles. The van der Waals surface area contributed by atoms with Crippen LogP contribution >= 0.6 is 0 Å². The minimum Gasteiger partial charge on any atom is -0.335 e. The average molecular weight is 482 g/mol. The van der Waals surface area contributed by atoms with Crippen LogP contribution in [0.15, 0.2) is 47.4 Å². The van der Waals surface area contributed by atoms with Crippen LogP contribution in [0, 0.1) is 12.8 Å². The van der Waals surface area contributed by atoms with Gasteiger partial charge >= 0.3 is 0 Å². The van der Waals surface area contributed by atoms with E-state index in [-0.39, 0.29) is 11.8 Å². The van der Waals surface area contributed by atoms with Crippen molar-refractivity contribution in [3.8, 4) is 0 Å². The molecule has 0 radical (unpaired) electrons. The van der Waals surface area contributed by atoms with E-state index in [4.69, 9.17) is 4.98 Å². The molecule has 0 spiro atoms. The number of benzene rings is 1. The summed E-state index contributed by atoms with van der Waals surface area (Å²) in [7, 11) is -3.49. The molecule has 5 rings (SSSR count). The van der Waals surface area contributed by atoms with E-state index >= 15 is 0 Å². The van der Waals surface area contributed by atoms with Gasteiger partial charge in [0.15, 0.2) is 0 Å². The molecule has 6 nitrogen and oxygen atoms in total. The van der Waals surface area contributed by atoms with Gasteiger partial charge in [0.05, 0.1) is 16.2 Å². The van der Waals surface area contributed by atoms with Gasteiger partial charge in [-0.2, -0.15) is 4.31 Å². The van der Waals surface area contributed by atoms with E-state index in [2.05, 4.69) is 4.90 Å². The number of carbonyl (C=O) groups excluding carboxylic acids is 1. The summed E-state index contributed by atoms with van der Waals surface area (Å²) in [5, 5.41) is 0. The zero-order chi connectivity index (χ0) is 23.7. The first-order chi connectivity index (χ1) is 16.4. The van der Waals surface area contributed by atoms with Crippen LogP contribution in [0.2, 0.25) is 0 Å². The van der Waals surface area contributed by atoms with Crippen LogP contribution in [0.5, 0.6) is 0 Å². The fraction of sp³-hybridized carbons (Fsp3) is 0.556. The molecule has 2 aliphatic heterocycles. The first kappa shape index (κ1) is 23.5. The van der Waals surface area contributed by atoms with Crippen molar-refractivity contribution in [2.24, 2.45) is 5.92 Å². The molecule has 3 aliphatic rings. The second-order valence-electron chi connectivity index (χ2n) is 10.1. The second-order valence-corrected chi connectivity index (χ2v) is 12.1. The number of piperidine rings is 2. The summed E-state index contributed by atoms with van der Waals surface area (Å²) in [6.45, 7) is 3.69. The summed E-state index contributed by atoms with van der Waals surface area (Å²) in [5.74, 6) is 0.853. The van der Waals surface area contributed by atoms with Crippen molar-refractivity contribution in [2.75, 3.05) is 19.6 Å². The Bertz CT molecular complexity index is 1130. The van der Waals surface area contributed by atoms with E-state index in [0.717, 1.165) is 36.3 Å². The van der Waals surface area contributed by atoms with Gasteiger partial charge in [-0.05, 0) is 75.6 Å². The van der Waals surface area contributed by atoms with Crippen molar-refractivity contribution in [1.29, 1.82) is 0 Å². The number of aromatic nitrogens is 1. The lowest BCUT2D eigenvalue weighted by Gasteiger charge is -2.44. The predicted octanol–water partition coefficient (Wildman–Crippen LogP) is 4.75. The molecular formula is C27H35N3O3S. The highest BCUT2D eigenvalue weighted by Gasteiger charge is 2.38. The molecule has 34 heavy (non-hydrogen) atoms. The van der Waals surface area contributed by atoms with Crippen LogP contribution in [0.1, 0.15) is 79.0 Å². The SMILES string of the molecule is Cc1ccc(C(=O)N2CCC[C@H]3CCCC[C@H]32)c(C2CCN(S(=O)(=O)c3ccccc3)CC2)n1. The van der Waals surface area contributed by atoms with Gasteiger partial charge in [0.1, 0.15) is 0 Å². The summed E-state index contributed by atoms with van der Waals surface area (Å²) < 4.78 is 27.7. The van der Waals surface area contributed by atoms with Crippen molar-refractivity contribution in [2.45, 2.75) is 75.1 Å². The number of hydrogen-bond acceptors (Lipinski definition) is 4. The predicted molar refractivity (Wildman–Crippen MR) is 132 cm³/mol. The number of rotatable bonds is 4. The van der Waals surface area contributed by atoms with Gasteiger partial charge < -0.3 is 4.90 Å². The number of fused-ring (bicyclic) bond motifs is 1. The molecular weight excluding hydrogens is 446 g/mol. The minimum absolute atomic E-state index is 0.0908. The number of carbonyl (C=O) groups is 1. The first-order valence-electron chi connectivity index (χ1n) is 12.8. The van der Waals surface area contributed by atoms with Crippen LogP contribution in [0.25, 0.3) is 0 Å². The summed E-state index contributed by atoms with van der Waals surface area (Å²) in [5.41, 5.74) is 2.49. The molecule has 1 saturated carbocycles. The standard InChI is InChI=1S/C27H35N3O3S/c1-20-13-14-24(27(31)30-17-7-9-21-8-5-6-12-25(21)30)26(28-20)22-15-18-29(19-16-22)34(32,33)23-10-3-2-4-11-23/h2-4,10-11,13-14,21-22,25H,5-9,12,15-19H2,1H3/t21-,25-/m1/s1. The van der Waals surface area contributed by atoms with Crippen LogP contribution in [-0.4, -0.2) is 54.2 Å². The zero-order valence-corrected chi connectivity index (χ0v) is 20.8. The Balaban J connectivity index is 1.35. The van der Waals surface area contributed by atoms with E-state index in [1.165, 1.54) is 25.7 Å². The highest BCUT2D eigenvalue weighted by atomic mass is 32.2. The van der Waals surface area contributed by atoms with Gasteiger partial charge in [0.2, 0.25) is 10.0 Å². The van der Waals surface area contributed by atoms with Crippen molar-refractivity contribution < 1.29 is 13.2 Å². The van der Waals surface area contributed by atoms with Gasteiger partial charge in [-0.15, -0.1) is 0 Å². The maximum Gasteiger partial charge on any atom is 0.255 e. The van der Waals surface area contributed by atoms with Crippen molar-refractivity contribution in [1.82, 2.24) is 14.2 Å². The molecule has 2 atom stereocenters. The van der Waals surface area contributed by atoms with E-state index in [1.807, 2.05) is 25.1 Å². The van der Waals surface area contributed by atoms with Crippen LogP contribution in [-0.2, 0) is 10.0 Å². The lowest BCUT2D eigenvalue weighted by molar-refractivity contribution is 0.0388. The number of amides is 1. The number of aryl methyl sites for hydroxylation is 1. The summed E-state index contributed by atoms with van der Waals surface area (Å²) >= 11 is 0. The fourth-order valence-electron chi connectivity index (χ4n) is 6.21. The van der Waals surface area contributed by atoms with E-state index < -0.39 is 10.0 Å². The number of likely N-dealkylation sites (tertiary alicyclic amines) is 1. The summed E-state index contributed by atoms with van der Waals surface area (Å²) in [6.07, 6.45) is 8.51. The third-order valence-corrected chi connectivity index (χ3v) is 9.93. The van der Waals surface area contributed by atoms with E-state index in [1.54, 1.807) is 28.6 Å². The van der Waals surface area contributed by atoms with Gasteiger partial charge in [-0.25, -0.2) is 8.42 Å². The molecule has 1 aromatic carbocycles. The maximum atomic E-state index is 13.8. The van der Waals surface area contributed by atoms with Gasteiger partial charge in [0.25, 0.3) is 5.91 Å². The highest BCUT2D eigenvalue weighted by Crippen LogP contribution is 2.37. The summed E-state index contributed by atoms with van der Waals surface area (Å²) in [6, 6.07) is 12.9. The lowest BCUT2D eigenvalue weighted by Crippen LogP contribution is -2.50. The Labute approximate surface area is 203 Å². The molecule has 182 valence electrons. The lowest BCUT2D eigenvalue weighted by atomic mass is 9.78. The smallest absolute Gasteiger partial charge is 0.255 e. The fourth-order valence-corrected chi connectivity index (χ4v) is 7.70. The summed E-state index contributed by atoms with van der Waals surface area (Å²) in [4.78, 5) is 21.1. The molecule has 2 aromatic rings. The van der Waals surface area contributed by atoms with Gasteiger partial charge in [0, 0.05) is 37.3 Å². The van der Waals surface area contributed by atoms with Crippen molar-refractivity contribution >= 4 is 15.9 Å². The molecule has 1 amide bonds. The molecule has 0 unspecified atom stereocenters. The molecule has 0 N–H and O–H groups in total. The van der Waals surface area contributed by atoms with Gasteiger partial charge in [-0.3, -0.25) is 9.78 Å². The van der Waals surface area contributed by atoms with E-state index in [9.17, 15) is 13.2 Å². The number of hydrogen-bond donors (Lipinski definition) is 0. The first-order valence-corrected chi connectivity index (χ1v) is 14.2. The largest absolute Gasteiger partial charge is 0.335 e. The van der Waals surface area contributed by atoms with Crippen LogP contribution in [0.3, 0.4) is 0 Å². The average Bonchev–Trinajstić information content (AvgIpc) is 2.88.